The largest absolute Gasteiger partial charge is 0.395 e. The lowest BCUT2D eigenvalue weighted by Crippen LogP contribution is -2.51. The van der Waals surface area contributed by atoms with E-state index in [-0.39, 0.29) is 18.6 Å². The normalized spacial score (nSPS) is 18.3. The zero-order valence-corrected chi connectivity index (χ0v) is 9.48. The van der Waals surface area contributed by atoms with Gasteiger partial charge in [-0.3, -0.25) is 4.79 Å². The molecule has 1 saturated carbocycles. The van der Waals surface area contributed by atoms with Crippen LogP contribution in [0.1, 0.15) is 39.0 Å². The molecule has 1 amide bonds. The van der Waals surface area contributed by atoms with Gasteiger partial charge in [0.05, 0.1) is 12.6 Å². The third-order valence-corrected chi connectivity index (χ3v) is 3.06. The molecule has 1 aliphatic carbocycles. The van der Waals surface area contributed by atoms with Crippen molar-refractivity contribution in [2.24, 2.45) is 5.73 Å². The Labute approximate surface area is 91.4 Å². The number of aliphatic hydroxyl groups excluding tert-OH is 1. The van der Waals surface area contributed by atoms with E-state index in [4.69, 9.17) is 10.8 Å². The van der Waals surface area contributed by atoms with Crippen molar-refractivity contribution >= 4 is 5.91 Å². The highest BCUT2D eigenvalue weighted by molar-refractivity contribution is 5.82. The second-order valence-corrected chi connectivity index (χ2v) is 4.24. The average molecular weight is 214 g/mol. The molecule has 0 radical (unpaired) electrons. The summed E-state index contributed by atoms with van der Waals surface area (Å²) < 4.78 is 0. The van der Waals surface area contributed by atoms with E-state index in [1.807, 2.05) is 6.92 Å². The maximum absolute atomic E-state index is 11.9. The van der Waals surface area contributed by atoms with Gasteiger partial charge in [-0.2, -0.15) is 0 Å². The minimum Gasteiger partial charge on any atom is -0.395 e. The van der Waals surface area contributed by atoms with Crippen LogP contribution in [0.5, 0.6) is 0 Å². The van der Waals surface area contributed by atoms with Gasteiger partial charge in [0, 0.05) is 12.6 Å². The predicted molar refractivity (Wildman–Crippen MR) is 59.3 cm³/mol. The van der Waals surface area contributed by atoms with E-state index >= 15 is 0 Å². The molecule has 0 spiro atoms. The topological polar surface area (TPSA) is 66.6 Å². The average Bonchev–Trinajstić information content (AvgIpc) is 2.13. The highest BCUT2D eigenvalue weighted by Crippen LogP contribution is 2.25. The van der Waals surface area contributed by atoms with Gasteiger partial charge in [0.2, 0.25) is 5.91 Å². The Balaban J connectivity index is 2.49. The monoisotopic (exact) mass is 214 g/mol. The van der Waals surface area contributed by atoms with E-state index in [9.17, 15) is 4.79 Å². The minimum absolute atomic E-state index is 0.00981. The number of nitrogens with zero attached hydrogens (tertiary/aromatic N) is 1. The van der Waals surface area contributed by atoms with Gasteiger partial charge in [0.1, 0.15) is 0 Å². The first kappa shape index (κ1) is 12.5. The summed E-state index contributed by atoms with van der Waals surface area (Å²) in [6.45, 7) is 2.48. The summed E-state index contributed by atoms with van der Waals surface area (Å²) in [5.41, 5.74) is 5.80. The molecule has 4 heteroatoms. The Morgan fingerprint density at radius 3 is 2.67 bits per heavy atom. The van der Waals surface area contributed by atoms with Crippen molar-refractivity contribution < 1.29 is 9.90 Å². The van der Waals surface area contributed by atoms with Crippen molar-refractivity contribution in [3.05, 3.63) is 0 Å². The minimum atomic E-state index is -0.387. The lowest BCUT2D eigenvalue weighted by Gasteiger charge is -2.38. The summed E-state index contributed by atoms with van der Waals surface area (Å²) in [7, 11) is 0. The molecular weight excluding hydrogens is 192 g/mol. The molecule has 0 aromatic heterocycles. The molecule has 0 saturated heterocycles. The van der Waals surface area contributed by atoms with Gasteiger partial charge in [0.25, 0.3) is 0 Å². The molecular formula is C11H22N2O2. The van der Waals surface area contributed by atoms with Crippen molar-refractivity contribution in [1.82, 2.24) is 4.90 Å². The Bertz CT molecular complexity index is 205. The summed E-state index contributed by atoms with van der Waals surface area (Å²) in [5, 5.41) is 8.93. The van der Waals surface area contributed by atoms with Crippen LogP contribution in [0.15, 0.2) is 0 Å². The zero-order chi connectivity index (χ0) is 11.3. The first-order valence-corrected chi connectivity index (χ1v) is 5.87. The molecule has 0 aromatic carbocycles. The van der Waals surface area contributed by atoms with Crippen molar-refractivity contribution in [2.75, 3.05) is 13.2 Å². The quantitative estimate of drug-likeness (QED) is 0.676. The van der Waals surface area contributed by atoms with Crippen molar-refractivity contribution in [3.63, 3.8) is 0 Å². The Morgan fingerprint density at radius 1 is 1.60 bits per heavy atom. The third-order valence-electron chi connectivity index (χ3n) is 3.06. The molecule has 3 N–H and O–H groups in total. The molecule has 15 heavy (non-hydrogen) atoms. The number of aliphatic hydroxyl groups is 1. The Hall–Kier alpha value is -0.610. The molecule has 0 heterocycles. The Kier molecular flexibility index (Phi) is 5.05. The summed E-state index contributed by atoms with van der Waals surface area (Å²) in [6.07, 6.45) is 4.95. The number of nitrogens with two attached hydrogens (primary N) is 1. The highest BCUT2D eigenvalue weighted by Gasteiger charge is 2.30. The van der Waals surface area contributed by atoms with E-state index in [1.54, 1.807) is 4.90 Å². The molecule has 88 valence electrons. The van der Waals surface area contributed by atoms with Crippen LogP contribution in [0.3, 0.4) is 0 Å². The van der Waals surface area contributed by atoms with Crippen LogP contribution in [-0.4, -0.2) is 41.1 Å². The van der Waals surface area contributed by atoms with Gasteiger partial charge in [0.15, 0.2) is 0 Å². The second-order valence-electron chi connectivity index (χ2n) is 4.24. The van der Waals surface area contributed by atoms with Gasteiger partial charge >= 0.3 is 0 Å². The van der Waals surface area contributed by atoms with Crippen molar-refractivity contribution in [2.45, 2.75) is 51.1 Å². The summed E-state index contributed by atoms with van der Waals surface area (Å²) >= 11 is 0. The molecule has 1 aliphatic rings. The van der Waals surface area contributed by atoms with E-state index in [1.165, 1.54) is 6.42 Å². The number of hydrogen-bond acceptors (Lipinski definition) is 3. The predicted octanol–water partition coefficient (Wildman–Crippen LogP) is 0.487. The standard InChI is InChI=1S/C11H22N2O2/c1-2-4-10(12)11(15)13(7-8-14)9-5-3-6-9/h9-10,14H,2-8,12H2,1H3/t10-/m1/s1. The summed E-state index contributed by atoms with van der Waals surface area (Å²) in [5.74, 6) is 0.00981. The van der Waals surface area contributed by atoms with E-state index in [0.717, 1.165) is 25.7 Å². The number of carbonyl (C=O) groups is 1. The fourth-order valence-corrected chi connectivity index (χ4v) is 1.93. The van der Waals surface area contributed by atoms with Crippen LogP contribution in [-0.2, 0) is 4.79 Å². The number of carbonyl (C=O) groups excluding carboxylic acids is 1. The van der Waals surface area contributed by atoms with E-state index < -0.39 is 0 Å². The molecule has 1 rings (SSSR count). The van der Waals surface area contributed by atoms with Crippen molar-refractivity contribution in [1.29, 1.82) is 0 Å². The number of hydrogen-bond donors (Lipinski definition) is 2. The van der Waals surface area contributed by atoms with Crippen LogP contribution in [0.4, 0.5) is 0 Å². The lowest BCUT2D eigenvalue weighted by atomic mass is 9.91. The fourth-order valence-electron chi connectivity index (χ4n) is 1.93. The lowest BCUT2D eigenvalue weighted by molar-refractivity contribution is -0.137. The molecule has 0 aromatic rings. The second kappa shape index (κ2) is 6.08. The first-order chi connectivity index (χ1) is 7.20. The number of amides is 1. The van der Waals surface area contributed by atoms with Gasteiger partial charge < -0.3 is 15.7 Å². The SMILES string of the molecule is CCC[C@@H](N)C(=O)N(CCO)C1CCC1. The van der Waals surface area contributed by atoms with E-state index in [0.29, 0.717) is 12.6 Å². The first-order valence-electron chi connectivity index (χ1n) is 5.87. The van der Waals surface area contributed by atoms with Crippen LogP contribution < -0.4 is 5.73 Å². The van der Waals surface area contributed by atoms with Crippen LogP contribution in [0.2, 0.25) is 0 Å². The fraction of sp³-hybridized carbons (Fsp3) is 0.909. The molecule has 0 bridgehead atoms. The molecule has 1 atom stereocenters. The third kappa shape index (κ3) is 3.18. The van der Waals surface area contributed by atoms with Gasteiger partial charge in [-0.1, -0.05) is 13.3 Å². The molecule has 0 aliphatic heterocycles. The smallest absolute Gasteiger partial charge is 0.239 e. The zero-order valence-electron chi connectivity index (χ0n) is 9.48. The molecule has 1 fully saturated rings. The van der Waals surface area contributed by atoms with E-state index in [2.05, 4.69) is 0 Å². The summed E-state index contributed by atoms with van der Waals surface area (Å²) in [4.78, 5) is 13.7. The molecule has 4 nitrogen and oxygen atoms in total. The van der Waals surface area contributed by atoms with Crippen LogP contribution in [0.25, 0.3) is 0 Å². The van der Waals surface area contributed by atoms with Gasteiger partial charge in [-0.25, -0.2) is 0 Å². The van der Waals surface area contributed by atoms with Crippen LogP contribution in [0, 0.1) is 0 Å². The summed E-state index contributed by atoms with van der Waals surface area (Å²) in [6, 6.07) is -0.0605. The Morgan fingerprint density at radius 2 is 2.27 bits per heavy atom. The maximum Gasteiger partial charge on any atom is 0.239 e. The van der Waals surface area contributed by atoms with Crippen molar-refractivity contribution in [3.8, 4) is 0 Å². The highest BCUT2D eigenvalue weighted by atomic mass is 16.3. The number of rotatable bonds is 6. The maximum atomic E-state index is 11.9. The molecule has 0 unspecified atom stereocenters. The van der Waals surface area contributed by atoms with Gasteiger partial charge in [-0.15, -0.1) is 0 Å². The van der Waals surface area contributed by atoms with Crippen LogP contribution >= 0.6 is 0 Å². The van der Waals surface area contributed by atoms with Gasteiger partial charge in [-0.05, 0) is 25.7 Å².